The summed E-state index contributed by atoms with van der Waals surface area (Å²) in [5.74, 6) is 1.71. The second kappa shape index (κ2) is 8.11. The van der Waals surface area contributed by atoms with Crippen LogP contribution < -0.4 is 15.2 Å². The van der Waals surface area contributed by atoms with E-state index in [0.29, 0.717) is 23.6 Å². The molecular weight excluding hydrogens is 406 g/mol. The Hall–Kier alpha value is -3.04. The Bertz CT molecular complexity index is 1010. The van der Waals surface area contributed by atoms with Crippen LogP contribution in [0.2, 0.25) is 0 Å². The molecule has 1 heterocycles. The van der Waals surface area contributed by atoms with E-state index in [1.807, 2.05) is 55.5 Å². The first-order chi connectivity index (χ1) is 13.1. The van der Waals surface area contributed by atoms with Crippen molar-refractivity contribution in [3.8, 4) is 40.0 Å². The first kappa shape index (κ1) is 18.7. The van der Waals surface area contributed by atoms with Gasteiger partial charge in [-0.2, -0.15) is 5.26 Å². The van der Waals surface area contributed by atoms with Gasteiger partial charge in [0.25, 0.3) is 0 Å². The van der Waals surface area contributed by atoms with Crippen LogP contribution in [0.4, 0.5) is 5.82 Å². The summed E-state index contributed by atoms with van der Waals surface area (Å²) < 4.78 is 11.6. The minimum absolute atomic E-state index is 0.200. The second-order valence-corrected chi connectivity index (χ2v) is 6.59. The predicted octanol–water partition coefficient (Wildman–Crippen LogP) is 5.04. The van der Waals surface area contributed by atoms with Crippen LogP contribution in [0.3, 0.4) is 0 Å². The Morgan fingerprint density at radius 2 is 1.81 bits per heavy atom. The van der Waals surface area contributed by atoms with Crippen LogP contribution in [0.25, 0.3) is 22.4 Å². The molecule has 0 fully saturated rings. The van der Waals surface area contributed by atoms with Crippen molar-refractivity contribution in [2.45, 2.75) is 6.92 Å². The molecule has 0 saturated carbocycles. The number of hydrogen-bond acceptors (Lipinski definition) is 5. The van der Waals surface area contributed by atoms with Gasteiger partial charge in [-0.3, -0.25) is 0 Å². The quantitative estimate of drug-likeness (QED) is 0.621. The van der Waals surface area contributed by atoms with Gasteiger partial charge in [-0.25, -0.2) is 4.98 Å². The largest absolute Gasteiger partial charge is 0.496 e. The molecule has 0 unspecified atom stereocenters. The molecule has 0 aliphatic rings. The fourth-order valence-electron chi connectivity index (χ4n) is 2.78. The van der Waals surface area contributed by atoms with Gasteiger partial charge in [-0.05, 0) is 70.9 Å². The SMILES string of the molecule is CCOc1ccc(-c2cc(-c3ccc(OC)c(Br)c3)c(C#N)c(N)n2)cc1. The van der Waals surface area contributed by atoms with E-state index in [1.54, 1.807) is 7.11 Å². The standard InChI is InChI=1S/C21H18BrN3O2/c1-3-27-15-7-4-13(5-8-15)19-11-16(17(12-23)21(24)25-19)14-6-9-20(26-2)18(22)10-14/h4-11H,3H2,1-2H3,(H2,24,25). The van der Waals surface area contributed by atoms with Gasteiger partial charge >= 0.3 is 0 Å². The van der Waals surface area contributed by atoms with Crippen LogP contribution in [-0.4, -0.2) is 18.7 Å². The van der Waals surface area contributed by atoms with Gasteiger partial charge in [-0.1, -0.05) is 6.07 Å². The number of anilines is 1. The molecule has 0 spiro atoms. The lowest BCUT2D eigenvalue weighted by atomic mass is 9.98. The van der Waals surface area contributed by atoms with E-state index in [-0.39, 0.29) is 5.82 Å². The fraction of sp³-hybridized carbons (Fsp3) is 0.143. The summed E-state index contributed by atoms with van der Waals surface area (Å²) >= 11 is 3.49. The maximum atomic E-state index is 9.56. The van der Waals surface area contributed by atoms with E-state index < -0.39 is 0 Å². The molecule has 1 aromatic heterocycles. The number of pyridine rings is 1. The van der Waals surface area contributed by atoms with Crippen molar-refractivity contribution >= 4 is 21.7 Å². The summed E-state index contributed by atoms with van der Waals surface area (Å²) in [6, 6.07) is 17.3. The Morgan fingerprint density at radius 1 is 1.11 bits per heavy atom. The van der Waals surface area contributed by atoms with Crippen LogP contribution in [-0.2, 0) is 0 Å². The molecule has 6 heteroatoms. The van der Waals surface area contributed by atoms with E-state index >= 15 is 0 Å². The molecule has 3 rings (SSSR count). The van der Waals surface area contributed by atoms with Crippen LogP contribution in [0.1, 0.15) is 12.5 Å². The molecule has 0 saturated heterocycles. The average molecular weight is 424 g/mol. The number of rotatable bonds is 5. The van der Waals surface area contributed by atoms with Gasteiger partial charge in [0, 0.05) is 11.1 Å². The number of benzene rings is 2. The molecule has 5 nitrogen and oxygen atoms in total. The predicted molar refractivity (Wildman–Crippen MR) is 110 cm³/mol. The van der Waals surface area contributed by atoms with Crippen LogP contribution in [0.5, 0.6) is 11.5 Å². The summed E-state index contributed by atoms with van der Waals surface area (Å²) in [7, 11) is 1.61. The minimum Gasteiger partial charge on any atom is -0.496 e. The molecule has 0 atom stereocenters. The highest BCUT2D eigenvalue weighted by atomic mass is 79.9. The number of hydrogen-bond donors (Lipinski definition) is 1. The van der Waals surface area contributed by atoms with Gasteiger partial charge in [0.1, 0.15) is 28.9 Å². The van der Waals surface area contributed by atoms with Gasteiger partial charge in [0.15, 0.2) is 0 Å². The molecule has 0 bridgehead atoms. The summed E-state index contributed by atoms with van der Waals surface area (Å²) in [6.07, 6.45) is 0. The molecule has 0 aliphatic heterocycles. The number of ether oxygens (including phenoxy) is 2. The third kappa shape index (κ3) is 3.88. The summed E-state index contributed by atoms with van der Waals surface area (Å²) in [4.78, 5) is 4.41. The Balaban J connectivity index is 2.11. The van der Waals surface area contributed by atoms with Gasteiger partial charge < -0.3 is 15.2 Å². The first-order valence-corrected chi connectivity index (χ1v) is 9.14. The molecule has 0 amide bonds. The fourth-order valence-corrected chi connectivity index (χ4v) is 3.32. The number of nitrogen functional groups attached to an aromatic ring is 1. The normalized spacial score (nSPS) is 10.3. The van der Waals surface area contributed by atoms with Crippen LogP contribution >= 0.6 is 15.9 Å². The average Bonchev–Trinajstić information content (AvgIpc) is 2.68. The third-order valence-corrected chi connectivity index (χ3v) is 4.70. The number of nitrogens with two attached hydrogens (primary N) is 1. The van der Waals surface area contributed by atoms with Gasteiger partial charge in [-0.15, -0.1) is 0 Å². The van der Waals surface area contributed by atoms with Gasteiger partial charge in [0.05, 0.1) is 23.9 Å². The monoisotopic (exact) mass is 423 g/mol. The maximum Gasteiger partial charge on any atom is 0.142 e. The highest BCUT2D eigenvalue weighted by Gasteiger charge is 2.15. The van der Waals surface area contributed by atoms with Crippen molar-refractivity contribution in [3.63, 3.8) is 0 Å². The Kier molecular flexibility index (Phi) is 5.63. The minimum atomic E-state index is 0.200. The van der Waals surface area contributed by atoms with Crippen molar-refractivity contribution in [1.29, 1.82) is 5.26 Å². The Labute approximate surface area is 166 Å². The lowest BCUT2D eigenvalue weighted by Gasteiger charge is -2.12. The van der Waals surface area contributed by atoms with Crippen molar-refractivity contribution in [2.24, 2.45) is 0 Å². The van der Waals surface area contributed by atoms with Crippen molar-refractivity contribution in [1.82, 2.24) is 4.98 Å². The number of methoxy groups -OCH3 is 1. The van der Waals surface area contributed by atoms with E-state index in [0.717, 1.165) is 26.9 Å². The zero-order chi connectivity index (χ0) is 19.4. The van der Waals surface area contributed by atoms with Gasteiger partial charge in [0.2, 0.25) is 0 Å². The molecule has 2 aromatic carbocycles. The first-order valence-electron chi connectivity index (χ1n) is 8.35. The highest BCUT2D eigenvalue weighted by Crippen LogP contribution is 2.35. The van der Waals surface area contributed by atoms with Crippen LogP contribution in [0.15, 0.2) is 53.0 Å². The number of nitriles is 1. The van der Waals surface area contributed by atoms with E-state index in [1.165, 1.54) is 0 Å². The molecule has 27 heavy (non-hydrogen) atoms. The second-order valence-electron chi connectivity index (χ2n) is 5.73. The highest BCUT2D eigenvalue weighted by molar-refractivity contribution is 9.10. The third-order valence-electron chi connectivity index (χ3n) is 4.08. The van der Waals surface area contributed by atoms with Crippen molar-refractivity contribution in [3.05, 3.63) is 58.6 Å². The number of halogens is 1. The van der Waals surface area contributed by atoms with Crippen molar-refractivity contribution < 1.29 is 9.47 Å². The summed E-state index contributed by atoms with van der Waals surface area (Å²) in [5.41, 5.74) is 9.58. The molecule has 3 aromatic rings. The maximum absolute atomic E-state index is 9.56. The summed E-state index contributed by atoms with van der Waals surface area (Å²) in [5, 5.41) is 9.56. The van der Waals surface area contributed by atoms with Crippen molar-refractivity contribution in [2.75, 3.05) is 19.5 Å². The zero-order valence-corrected chi connectivity index (χ0v) is 16.6. The van der Waals surface area contributed by atoms with Crippen LogP contribution in [0, 0.1) is 11.3 Å². The smallest absolute Gasteiger partial charge is 0.142 e. The lowest BCUT2D eigenvalue weighted by Crippen LogP contribution is -2.00. The molecule has 0 aliphatic carbocycles. The summed E-state index contributed by atoms with van der Waals surface area (Å²) in [6.45, 7) is 2.55. The van der Waals surface area contributed by atoms with E-state index in [9.17, 15) is 5.26 Å². The zero-order valence-electron chi connectivity index (χ0n) is 15.0. The van der Waals surface area contributed by atoms with E-state index in [2.05, 4.69) is 27.0 Å². The lowest BCUT2D eigenvalue weighted by molar-refractivity contribution is 0.340. The Morgan fingerprint density at radius 3 is 2.41 bits per heavy atom. The topological polar surface area (TPSA) is 81.2 Å². The molecular formula is C21H18BrN3O2. The number of aromatic nitrogens is 1. The number of nitrogens with zero attached hydrogens (tertiary/aromatic N) is 2. The molecule has 2 N–H and O–H groups in total. The molecule has 136 valence electrons. The van der Waals surface area contributed by atoms with E-state index in [4.69, 9.17) is 15.2 Å². The molecule has 0 radical (unpaired) electrons.